The number of urea groups is 1. The van der Waals surface area contributed by atoms with Gasteiger partial charge in [-0.15, -0.1) is 0 Å². The van der Waals surface area contributed by atoms with Crippen molar-refractivity contribution in [2.45, 2.75) is 32.2 Å². The molecular weight excluding hydrogens is 288 g/mol. The fourth-order valence-electron chi connectivity index (χ4n) is 2.85. The van der Waals surface area contributed by atoms with Gasteiger partial charge in [0.1, 0.15) is 5.75 Å². The summed E-state index contributed by atoms with van der Waals surface area (Å²) in [7, 11) is 1.65. The predicted octanol–water partition coefficient (Wildman–Crippen LogP) is 4.12. The largest absolute Gasteiger partial charge is 0.497 e. The Bertz CT molecular complexity index is 719. The molecule has 2 aromatic carbocycles. The van der Waals surface area contributed by atoms with Gasteiger partial charge in [0.05, 0.1) is 12.6 Å². The van der Waals surface area contributed by atoms with E-state index in [4.69, 9.17) is 4.74 Å². The Kier molecular flexibility index (Phi) is 3.99. The molecule has 1 aliphatic carbocycles. The van der Waals surface area contributed by atoms with Gasteiger partial charge in [-0.25, -0.2) is 4.79 Å². The van der Waals surface area contributed by atoms with Crippen LogP contribution in [0.3, 0.4) is 0 Å². The summed E-state index contributed by atoms with van der Waals surface area (Å²) in [5.41, 5.74) is 3.97. The summed E-state index contributed by atoms with van der Waals surface area (Å²) in [6, 6.07) is 13.7. The minimum Gasteiger partial charge on any atom is -0.497 e. The lowest BCUT2D eigenvalue weighted by molar-refractivity contribution is 0.247. The van der Waals surface area contributed by atoms with Crippen LogP contribution in [0.2, 0.25) is 0 Å². The van der Waals surface area contributed by atoms with E-state index >= 15 is 0 Å². The zero-order valence-corrected chi connectivity index (χ0v) is 13.8. The van der Waals surface area contributed by atoms with E-state index in [1.807, 2.05) is 50.2 Å². The zero-order chi connectivity index (χ0) is 16.4. The van der Waals surface area contributed by atoms with Gasteiger partial charge in [-0.2, -0.15) is 0 Å². The summed E-state index contributed by atoms with van der Waals surface area (Å²) in [6.07, 6.45) is 1.92. The third kappa shape index (κ3) is 3.31. The van der Waals surface area contributed by atoms with Crippen LogP contribution >= 0.6 is 0 Å². The van der Waals surface area contributed by atoms with Crippen LogP contribution in [0.15, 0.2) is 42.5 Å². The van der Waals surface area contributed by atoms with Crippen LogP contribution in [0.5, 0.6) is 5.75 Å². The second kappa shape index (κ2) is 5.95. The lowest BCUT2D eigenvalue weighted by Gasteiger charge is -2.19. The molecule has 3 rings (SSSR count). The molecule has 1 saturated carbocycles. The van der Waals surface area contributed by atoms with Crippen LogP contribution in [-0.4, -0.2) is 13.1 Å². The highest BCUT2D eigenvalue weighted by atomic mass is 16.5. The van der Waals surface area contributed by atoms with Crippen molar-refractivity contribution in [3.05, 3.63) is 59.2 Å². The Balaban J connectivity index is 1.69. The monoisotopic (exact) mass is 310 g/mol. The van der Waals surface area contributed by atoms with E-state index in [2.05, 4.69) is 16.7 Å². The van der Waals surface area contributed by atoms with Gasteiger partial charge in [0.2, 0.25) is 0 Å². The van der Waals surface area contributed by atoms with Gasteiger partial charge in [-0.3, -0.25) is 0 Å². The van der Waals surface area contributed by atoms with E-state index in [-0.39, 0.29) is 11.6 Å². The summed E-state index contributed by atoms with van der Waals surface area (Å²) in [5, 5.41) is 6.07. The van der Waals surface area contributed by atoms with Crippen LogP contribution < -0.4 is 15.4 Å². The molecule has 0 unspecified atom stereocenters. The first-order valence-corrected chi connectivity index (χ1v) is 7.83. The standard InChI is InChI=1S/C19H22N2O2/c1-13-4-9-17(14(2)12-13)20-18(22)21-19(10-11-19)15-5-7-16(23-3)8-6-15/h4-9,12H,10-11H2,1-3H3,(H2,20,21,22). The quantitative estimate of drug-likeness (QED) is 0.892. The second-order valence-corrected chi connectivity index (χ2v) is 6.21. The van der Waals surface area contributed by atoms with Crippen LogP contribution in [0.25, 0.3) is 0 Å². The number of aryl methyl sites for hydroxylation is 2. The molecule has 1 fully saturated rings. The molecule has 0 radical (unpaired) electrons. The van der Waals surface area contributed by atoms with Crippen molar-refractivity contribution in [2.24, 2.45) is 0 Å². The average Bonchev–Trinajstić information content (AvgIpc) is 3.31. The SMILES string of the molecule is COc1ccc(C2(NC(=O)Nc3ccc(C)cc3C)CC2)cc1. The van der Waals surface area contributed by atoms with Gasteiger partial charge in [0.25, 0.3) is 0 Å². The van der Waals surface area contributed by atoms with Crippen molar-refractivity contribution >= 4 is 11.7 Å². The minimum atomic E-state index is -0.241. The maximum atomic E-state index is 12.4. The van der Waals surface area contributed by atoms with Crippen molar-refractivity contribution < 1.29 is 9.53 Å². The first-order chi connectivity index (χ1) is 11.0. The van der Waals surface area contributed by atoms with E-state index in [0.717, 1.165) is 35.4 Å². The van der Waals surface area contributed by atoms with Gasteiger partial charge in [0, 0.05) is 5.69 Å². The molecule has 120 valence electrons. The zero-order valence-electron chi connectivity index (χ0n) is 13.8. The molecule has 2 aromatic rings. The molecule has 23 heavy (non-hydrogen) atoms. The molecule has 1 aliphatic rings. The molecule has 0 atom stereocenters. The summed E-state index contributed by atoms with van der Waals surface area (Å²) in [6.45, 7) is 4.04. The highest BCUT2D eigenvalue weighted by Gasteiger charge is 2.45. The van der Waals surface area contributed by atoms with E-state index in [1.54, 1.807) is 7.11 Å². The number of carbonyl (C=O) groups is 1. The van der Waals surface area contributed by atoms with Crippen LogP contribution in [0.1, 0.15) is 29.5 Å². The van der Waals surface area contributed by atoms with Gasteiger partial charge in [-0.1, -0.05) is 29.8 Å². The van der Waals surface area contributed by atoms with Gasteiger partial charge < -0.3 is 15.4 Å². The van der Waals surface area contributed by atoms with Gasteiger partial charge in [0.15, 0.2) is 0 Å². The van der Waals surface area contributed by atoms with E-state index in [1.165, 1.54) is 5.56 Å². The van der Waals surface area contributed by atoms with E-state index in [9.17, 15) is 4.79 Å². The molecule has 0 aromatic heterocycles. The first-order valence-electron chi connectivity index (χ1n) is 7.83. The Morgan fingerprint density at radius 3 is 2.35 bits per heavy atom. The predicted molar refractivity (Wildman–Crippen MR) is 92.0 cm³/mol. The Morgan fingerprint density at radius 1 is 1.09 bits per heavy atom. The summed E-state index contributed by atoms with van der Waals surface area (Å²) < 4.78 is 5.19. The normalized spacial score (nSPS) is 14.9. The third-order valence-electron chi connectivity index (χ3n) is 4.38. The molecule has 4 heteroatoms. The topological polar surface area (TPSA) is 50.4 Å². The fraction of sp³-hybridized carbons (Fsp3) is 0.316. The van der Waals surface area contributed by atoms with Gasteiger partial charge in [-0.05, 0) is 56.0 Å². The molecule has 0 saturated heterocycles. The van der Waals surface area contributed by atoms with Crippen LogP contribution in [0, 0.1) is 13.8 Å². The molecule has 4 nitrogen and oxygen atoms in total. The highest BCUT2D eigenvalue weighted by molar-refractivity contribution is 5.91. The molecule has 0 heterocycles. The highest BCUT2D eigenvalue weighted by Crippen LogP contribution is 2.45. The number of rotatable bonds is 4. The van der Waals surface area contributed by atoms with E-state index in [0.29, 0.717) is 0 Å². The number of nitrogens with one attached hydrogen (secondary N) is 2. The summed E-state index contributed by atoms with van der Waals surface area (Å²) in [4.78, 5) is 12.4. The van der Waals surface area contributed by atoms with Crippen molar-refractivity contribution in [3.8, 4) is 5.75 Å². The third-order valence-corrected chi connectivity index (χ3v) is 4.38. The molecule has 0 bridgehead atoms. The number of methoxy groups -OCH3 is 1. The lowest BCUT2D eigenvalue weighted by atomic mass is 10.0. The Labute approximate surface area is 136 Å². The van der Waals surface area contributed by atoms with E-state index < -0.39 is 0 Å². The number of hydrogen-bond donors (Lipinski definition) is 2. The number of hydrogen-bond acceptors (Lipinski definition) is 2. The smallest absolute Gasteiger partial charge is 0.319 e. The van der Waals surface area contributed by atoms with Gasteiger partial charge >= 0.3 is 6.03 Å². The molecule has 0 spiro atoms. The number of ether oxygens (including phenoxy) is 1. The Hall–Kier alpha value is -2.49. The second-order valence-electron chi connectivity index (χ2n) is 6.21. The first kappa shape index (κ1) is 15.4. The minimum absolute atomic E-state index is 0.162. The number of carbonyl (C=O) groups excluding carboxylic acids is 1. The van der Waals surface area contributed by atoms with Crippen molar-refractivity contribution in [1.29, 1.82) is 0 Å². The van der Waals surface area contributed by atoms with Crippen molar-refractivity contribution in [3.63, 3.8) is 0 Å². The van der Waals surface area contributed by atoms with Crippen LogP contribution in [0.4, 0.5) is 10.5 Å². The molecular formula is C19H22N2O2. The Morgan fingerprint density at radius 2 is 1.78 bits per heavy atom. The maximum absolute atomic E-state index is 12.4. The maximum Gasteiger partial charge on any atom is 0.319 e. The molecule has 2 N–H and O–H groups in total. The van der Waals surface area contributed by atoms with Crippen molar-refractivity contribution in [2.75, 3.05) is 12.4 Å². The summed E-state index contributed by atoms with van der Waals surface area (Å²) >= 11 is 0. The number of amides is 2. The lowest BCUT2D eigenvalue weighted by Crippen LogP contribution is -2.38. The molecule has 2 amide bonds. The fourth-order valence-corrected chi connectivity index (χ4v) is 2.85. The average molecular weight is 310 g/mol. The number of benzene rings is 2. The van der Waals surface area contributed by atoms with Crippen LogP contribution in [-0.2, 0) is 5.54 Å². The molecule has 0 aliphatic heterocycles. The number of anilines is 1. The van der Waals surface area contributed by atoms with Crippen molar-refractivity contribution in [1.82, 2.24) is 5.32 Å². The summed E-state index contributed by atoms with van der Waals surface area (Å²) in [5.74, 6) is 0.823.